The summed E-state index contributed by atoms with van der Waals surface area (Å²) in [5.74, 6) is 0. The van der Waals surface area contributed by atoms with Crippen LogP contribution in [0, 0.1) is 0 Å². The average molecular weight is 353 g/mol. The molecular weight excluding hydrogens is 325 g/mol. The molecule has 20 heavy (non-hydrogen) atoms. The van der Waals surface area contributed by atoms with E-state index in [1.807, 2.05) is 0 Å². The molecule has 110 valence electrons. The Balaban J connectivity index is 2.70. The first kappa shape index (κ1) is 16.1. The van der Waals surface area contributed by atoms with Crippen molar-refractivity contribution in [1.29, 1.82) is 0 Å². The third-order valence-electron chi connectivity index (χ3n) is 4.68. The van der Waals surface area contributed by atoms with Crippen molar-refractivity contribution in [3.05, 3.63) is 41.5 Å². The molecule has 2 rings (SSSR count). The maximum atomic E-state index is 2.51. The number of hydrogen-bond donors (Lipinski definition) is 0. The summed E-state index contributed by atoms with van der Waals surface area (Å²) in [6.07, 6.45) is 4.74. The van der Waals surface area contributed by atoms with E-state index < -0.39 is 21.1 Å². The predicted molar refractivity (Wildman–Crippen MR) is 83.9 cm³/mol. The quantitative estimate of drug-likeness (QED) is 0.824. The first-order valence-electron chi connectivity index (χ1n) is 7.09. The van der Waals surface area contributed by atoms with Gasteiger partial charge in [-0.2, -0.15) is 0 Å². The molecule has 1 aliphatic rings. The zero-order chi connectivity index (χ0) is 15.1. The van der Waals surface area contributed by atoms with Crippen LogP contribution in [-0.2, 0) is 24.3 Å². The van der Waals surface area contributed by atoms with Crippen molar-refractivity contribution in [2.75, 3.05) is 42.3 Å². The molecule has 0 saturated heterocycles. The molecule has 1 aromatic rings. The first-order valence-corrected chi connectivity index (χ1v) is 11.6. The first-order chi connectivity index (χ1) is 9.28. The molecule has 0 bridgehead atoms. The Kier molecular flexibility index (Phi) is 4.42. The number of hydrogen-bond acceptors (Lipinski definition) is 3. The van der Waals surface area contributed by atoms with Crippen molar-refractivity contribution in [2.24, 2.45) is 0 Å². The Labute approximate surface area is 129 Å². The van der Waals surface area contributed by atoms with Crippen LogP contribution in [0.25, 0.3) is 6.08 Å². The summed E-state index contributed by atoms with van der Waals surface area (Å²) in [6.45, 7) is 2.42. The van der Waals surface area contributed by atoms with Crippen molar-refractivity contribution in [3.8, 4) is 0 Å². The van der Waals surface area contributed by atoms with Gasteiger partial charge in [-0.1, -0.05) is 0 Å². The van der Waals surface area contributed by atoms with Crippen molar-refractivity contribution in [3.63, 3.8) is 0 Å². The van der Waals surface area contributed by atoms with E-state index in [2.05, 4.69) is 94.2 Å². The van der Waals surface area contributed by atoms with E-state index in [4.69, 9.17) is 0 Å². The van der Waals surface area contributed by atoms with Crippen molar-refractivity contribution >= 4 is 6.08 Å². The molecule has 0 aromatic heterocycles. The Morgan fingerprint density at radius 2 is 1.35 bits per heavy atom. The van der Waals surface area contributed by atoms with Crippen LogP contribution in [-0.4, -0.2) is 50.8 Å². The number of nitrogens with zero attached hydrogens (tertiary/aromatic N) is 3. The Hall–Kier alpha value is -0.277. The summed E-state index contributed by atoms with van der Waals surface area (Å²) in [5, 5.41) is 0. The molecule has 0 radical (unpaired) electrons. The molecule has 0 spiro atoms. The SMILES string of the molecule is C[N](C)[Zr]([N](C)C)([N](C)C)[C]1(C)C=Cc2ccccc21. The molecule has 1 aliphatic carbocycles. The number of rotatable bonds is 4. The normalized spacial score (nSPS) is 22.1. The third kappa shape index (κ3) is 2.00. The summed E-state index contributed by atoms with van der Waals surface area (Å²) in [5.41, 5.74) is 2.86. The van der Waals surface area contributed by atoms with Crippen LogP contribution < -0.4 is 0 Å². The monoisotopic (exact) mass is 351 g/mol. The molecule has 0 saturated carbocycles. The molecular formula is C16H27N3Zr. The Bertz CT molecular complexity index is 500. The summed E-state index contributed by atoms with van der Waals surface area (Å²) in [7, 11) is 13.5. The van der Waals surface area contributed by atoms with Crippen molar-refractivity contribution in [1.82, 2.24) is 8.53 Å². The third-order valence-corrected chi connectivity index (χ3v) is 18.4. The van der Waals surface area contributed by atoms with Gasteiger partial charge in [0, 0.05) is 0 Å². The minimum atomic E-state index is -2.99. The van der Waals surface area contributed by atoms with Crippen LogP contribution in [0.3, 0.4) is 0 Å². The Morgan fingerprint density at radius 1 is 0.850 bits per heavy atom. The molecule has 4 heteroatoms. The molecule has 0 fully saturated rings. The van der Waals surface area contributed by atoms with E-state index in [1.54, 1.807) is 0 Å². The number of benzene rings is 1. The van der Waals surface area contributed by atoms with Crippen LogP contribution in [0.15, 0.2) is 30.3 Å². The minimum absolute atomic E-state index is 0.113. The van der Waals surface area contributed by atoms with Gasteiger partial charge < -0.3 is 0 Å². The number of fused-ring (bicyclic) bond motifs is 1. The van der Waals surface area contributed by atoms with Gasteiger partial charge in [0.15, 0.2) is 0 Å². The predicted octanol–water partition coefficient (Wildman–Crippen LogP) is 2.51. The molecule has 0 amide bonds. The fraction of sp³-hybridized carbons (Fsp3) is 0.500. The van der Waals surface area contributed by atoms with E-state index in [9.17, 15) is 0 Å². The zero-order valence-corrected chi connectivity index (χ0v) is 16.3. The van der Waals surface area contributed by atoms with Crippen LogP contribution >= 0.6 is 0 Å². The van der Waals surface area contributed by atoms with E-state index in [-0.39, 0.29) is 3.12 Å². The summed E-state index contributed by atoms with van der Waals surface area (Å²) >= 11 is -2.99. The van der Waals surface area contributed by atoms with Gasteiger partial charge in [-0.05, 0) is 0 Å². The average Bonchev–Trinajstić information content (AvgIpc) is 2.68. The van der Waals surface area contributed by atoms with Gasteiger partial charge in [0.1, 0.15) is 0 Å². The van der Waals surface area contributed by atoms with Gasteiger partial charge in [0.05, 0.1) is 0 Å². The zero-order valence-electron chi connectivity index (χ0n) is 13.8. The Morgan fingerprint density at radius 3 is 1.85 bits per heavy atom. The van der Waals surface area contributed by atoms with Gasteiger partial charge in [0.2, 0.25) is 0 Å². The molecule has 1 aromatic carbocycles. The summed E-state index contributed by atoms with van der Waals surface area (Å²) < 4.78 is 7.66. The fourth-order valence-electron chi connectivity index (χ4n) is 4.35. The fourth-order valence-corrected chi connectivity index (χ4v) is 19.3. The second kappa shape index (κ2) is 5.49. The molecule has 0 aliphatic heterocycles. The number of allylic oxidation sites excluding steroid dienone is 1. The van der Waals surface area contributed by atoms with E-state index in [0.29, 0.717) is 0 Å². The van der Waals surface area contributed by atoms with Gasteiger partial charge in [0.25, 0.3) is 0 Å². The van der Waals surface area contributed by atoms with Crippen LogP contribution in [0.4, 0.5) is 0 Å². The van der Waals surface area contributed by atoms with Gasteiger partial charge in [-0.15, -0.1) is 0 Å². The topological polar surface area (TPSA) is 9.72 Å². The van der Waals surface area contributed by atoms with Crippen molar-refractivity contribution < 1.29 is 21.1 Å². The molecule has 1 atom stereocenters. The molecule has 0 heterocycles. The molecule has 0 N–H and O–H groups in total. The van der Waals surface area contributed by atoms with Gasteiger partial charge in [-0.25, -0.2) is 0 Å². The summed E-state index contributed by atoms with van der Waals surface area (Å²) in [6, 6.07) is 8.83. The summed E-state index contributed by atoms with van der Waals surface area (Å²) in [4.78, 5) is 0. The van der Waals surface area contributed by atoms with Gasteiger partial charge in [-0.3, -0.25) is 0 Å². The standard InChI is InChI=1S/C10H9.3C2H6N.Zr/c1-8-6-7-9-4-2-3-5-10(8)9;3*1-3-2;/h2-7H,1H3;3*1-2H3;/q;3*-1;+3. The van der Waals surface area contributed by atoms with Crippen LogP contribution in [0.2, 0.25) is 0 Å². The van der Waals surface area contributed by atoms with Gasteiger partial charge >= 0.3 is 130 Å². The van der Waals surface area contributed by atoms with E-state index in [1.165, 1.54) is 11.1 Å². The maximum absolute atomic E-state index is 2.99. The van der Waals surface area contributed by atoms with Crippen molar-refractivity contribution in [2.45, 2.75) is 10.0 Å². The van der Waals surface area contributed by atoms with E-state index in [0.717, 1.165) is 0 Å². The second-order valence-corrected chi connectivity index (χ2v) is 18.7. The van der Waals surface area contributed by atoms with Crippen LogP contribution in [0.5, 0.6) is 0 Å². The molecule has 3 nitrogen and oxygen atoms in total. The van der Waals surface area contributed by atoms with Crippen LogP contribution in [0.1, 0.15) is 18.1 Å². The van der Waals surface area contributed by atoms with E-state index >= 15 is 0 Å². The second-order valence-electron chi connectivity index (χ2n) is 6.44. The molecule has 1 unspecified atom stereocenters.